The molecule has 0 radical (unpaired) electrons. The summed E-state index contributed by atoms with van der Waals surface area (Å²) >= 11 is 0. The molecule has 0 fully saturated rings. The van der Waals surface area contributed by atoms with Crippen molar-refractivity contribution in [1.82, 2.24) is 4.98 Å². The number of aryl methyl sites for hydroxylation is 2. The highest BCUT2D eigenvalue weighted by molar-refractivity contribution is 5.71. The number of hydrogen-bond acceptors (Lipinski definition) is 1. The molecule has 0 aliphatic carbocycles. The summed E-state index contributed by atoms with van der Waals surface area (Å²) in [6.07, 6.45) is 0. The minimum atomic E-state index is 0.504. The van der Waals surface area contributed by atoms with Crippen molar-refractivity contribution in [2.75, 3.05) is 0 Å². The van der Waals surface area contributed by atoms with E-state index in [1.807, 2.05) is 12.1 Å². The lowest BCUT2D eigenvalue weighted by Crippen LogP contribution is -2.38. The molecule has 0 unspecified atom stereocenters. The van der Waals surface area contributed by atoms with Gasteiger partial charge in [0, 0.05) is 0 Å². The average Bonchev–Trinajstić information content (AvgIpc) is 3.01. The van der Waals surface area contributed by atoms with Crippen LogP contribution in [0.5, 0.6) is 5.75 Å². The molecular weight excluding hydrogens is 320 g/mol. The van der Waals surface area contributed by atoms with Crippen molar-refractivity contribution in [2.45, 2.75) is 27.0 Å². The molecule has 0 aliphatic heterocycles. The van der Waals surface area contributed by atoms with Gasteiger partial charge in [-0.05, 0) is 43.7 Å². The van der Waals surface area contributed by atoms with Gasteiger partial charge in [0.15, 0.2) is 17.6 Å². The molecule has 1 N–H and O–H groups in total. The van der Waals surface area contributed by atoms with Crippen molar-refractivity contribution in [2.24, 2.45) is 0 Å². The first kappa shape index (κ1) is 16.4. The van der Waals surface area contributed by atoms with Crippen LogP contribution < -0.4 is 9.30 Å². The summed E-state index contributed by atoms with van der Waals surface area (Å²) in [5.41, 5.74) is 6.11. The lowest BCUT2D eigenvalue weighted by molar-refractivity contribution is -0.671. The highest BCUT2D eigenvalue weighted by atomic mass is 16.5. The Bertz CT molecular complexity index is 1010. The molecule has 0 atom stereocenters. The first-order valence-electron chi connectivity index (χ1n) is 8.93. The van der Waals surface area contributed by atoms with Gasteiger partial charge in [-0.25, -0.2) is 9.55 Å². The van der Waals surface area contributed by atoms with Crippen LogP contribution in [0.1, 0.15) is 22.5 Å². The molecule has 3 aromatic carbocycles. The van der Waals surface area contributed by atoms with Crippen LogP contribution in [0.25, 0.3) is 11.0 Å². The van der Waals surface area contributed by atoms with Gasteiger partial charge >= 0.3 is 0 Å². The van der Waals surface area contributed by atoms with E-state index in [4.69, 9.17) is 4.74 Å². The molecule has 3 nitrogen and oxygen atoms in total. The molecule has 0 aliphatic rings. The van der Waals surface area contributed by atoms with Gasteiger partial charge < -0.3 is 4.74 Å². The lowest BCUT2D eigenvalue weighted by Gasteiger charge is -2.06. The molecule has 130 valence electrons. The van der Waals surface area contributed by atoms with E-state index < -0.39 is 0 Å². The molecule has 0 saturated carbocycles. The normalized spacial score (nSPS) is 11.0. The highest BCUT2D eigenvalue weighted by Crippen LogP contribution is 2.15. The first-order valence-corrected chi connectivity index (χ1v) is 8.93. The van der Waals surface area contributed by atoms with Crippen LogP contribution in [0, 0.1) is 13.8 Å². The Morgan fingerprint density at radius 2 is 1.46 bits per heavy atom. The van der Waals surface area contributed by atoms with Gasteiger partial charge in [-0.1, -0.05) is 59.7 Å². The number of benzene rings is 3. The topological polar surface area (TPSA) is 28.9 Å². The molecule has 26 heavy (non-hydrogen) atoms. The van der Waals surface area contributed by atoms with Crippen molar-refractivity contribution in [3.8, 4) is 5.75 Å². The van der Waals surface area contributed by atoms with E-state index >= 15 is 0 Å². The molecule has 0 saturated heterocycles. The summed E-state index contributed by atoms with van der Waals surface area (Å²) in [4.78, 5) is 3.52. The maximum Gasteiger partial charge on any atom is 0.294 e. The molecule has 0 amide bonds. The second kappa shape index (κ2) is 7.04. The fourth-order valence-electron chi connectivity index (χ4n) is 3.14. The number of aromatic amines is 1. The third-order valence-corrected chi connectivity index (χ3v) is 4.66. The van der Waals surface area contributed by atoms with Gasteiger partial charge in [0.25, 0.3) is 5.82 Å². The number of ether oxygens (including phenoxy) is 1. The minimum Gasteiger partial charge on any atom is -0.481 e. The molecule has 4 rings (SSSR count). The van der Waals surface area contributed by atoms with E-state index in [1.165, 1.54) is 22.2 Å². The van der Waals surface area contributed by atoms with Gasteiger partial charge in [-0.2, -0.15) is 0 Å². The van der Waals surface area contributed by atoms with Crippen LogP contribution in [0.2, 0.25) is 0 Å². The summed E-state index contributed by atoms with van der Waals surface area (Å²) < 4.78 is 8.32. The van der Waals surface area contributed by atoms with Crippen LogP contribution in [0.15, 0.2) is 72.8 Å². The number of para-hydroxylation sites is 2. The summed E-state index contributed by atoms with van der Waals surface area (Å²) in [5.74, 6) is 1.95. The fraction of sp³-hybridized carbons (Fsp3) is 0.174. The van der Waals surface area contributed by atoms with Crippen molar-refractivity contribution in [3.05, 3.63) is 95.3 Å². The Morgan fingerprint density at radius 3 is 2.19 bits per heavy atom. The number of H-pyrrole nitrogens is 1. The number of nitrogens with one attached hydrogen (secondary N) is 1. The molecule has 3 heteroatoms. The summed E-state index contributed by atoms with van der Waals surface area (Å²) in [6, 6.07) is 25.3. The minimum absolute atomic E-state index is 0.504. The molecule has 4 aromatic rings. The Labute approximate surface area is 153 Å². The summed E-state index contributed by atoms with van der Waals surface area (Å²) in [7, 11) is 0. The van der Waals surface area contributed by atoms with Crippen LogP contribution in [-0.4, -0.2) is 4.98 Å². The Hall–Kier alpha value is -3.07. The molecule has 0 bridgehead atoms. The third kappa shape index (κ3) is 3.47. The summed E-state index contributed by atoms with van der Waals surface area (Å²) in [5, 5.41) is 0. The Kier molecular flexibility index (Phi) is 4.44. The standard InChI is InChI=1S/C23H22N2O/c1-17-7-11-19(12-8-17)15-25-22-6-4-3-5-21(22)24-23(25)16-26-20-13-9-18(2)10-14-20/h3-14H,15-16H2,1-2H3/p+1. The number of fused-ring (bicyclic) bond motifs is 1. The maximum atomic E-state index is 6.02. The van der Waals surface area contributed by atoms with Gasteiger partial charge in [-0.3, -0.25) is 0 Å². The largest absolute Gasteiger partial charge is 0.481 e. The number of hydrogen-bond donors (Lipinski definition) is 1. The van der Waals surface area contributed by atoms with Crippen molar-refractivity contribution in [1.29, 1.82) is 0 Å². The number of nitrogens with zero attached hydrogens (tertiary/aromatic N) is 1. The summed E-state index contributed by atoms with van der Waals surface area (Å²) in [6.45, 7) is 5.51. The Morgan fingerprint density at radius 1 is 0.808 bits per heavy atom. The highest BCUT2D eigenvalue weighted by Gasteiger charge is 2.19. The molecule has 1 aromatic heterocycles. The van der Waals surface area contributed by atoms with Crippen LogP contribution in [0.3, 0.4) is 0 Å². The van der Waals surface area contributed by atoms with Gasteiger partial charge in [0.2, 0.25) is 0 Å². The average molecular weight is 343 g/mol. The quantitative estimate of drug-likeness (QED) is 0.523. The second-order valence-electron chi connectivity index (χ2n) is 6.76. The molecular formula is C23H23N2O+. The second-order valence-corrected chi connectivity index (χ2v) is 6.76. The van der Waals surface area contributed by atoms with E-state index in [9.17, 15) is 0 Å². The van der Waals surface area contributed by atoms with Crippen LogP contribution >= 0.6 is 0 Å². The predicted molar refractivity (Wildman–Crippen MR) is 104 cm³/mol. The van der Waals surface area contributed by atoms with Crippen LogP contribution in [0.4, 0.5) is 0 Å². The number of aromatic nitrogens is 2. The van der Waals surface area contributed by atoms with Gasteiger partial charge in [-0.15, -0.1) is 0 Å². The van der Waals surface area contributed by atoms with Gasteiger partial charge in [0.1, 0.15) is 12.3 Å². The van der Waals surface area contributed by atoms with E-state index in [2.05, 4.69) is 84.1 Å². The maximum absolute atomic E-state index is 6.02. The van der Waals surface area contributed by atoms with E-state index in [1.54, 1.807) is 0 Å². The van der Waals surface area contributed by atoms with E-state index in [-0.39, 0.29) is 0 Å². The smallest absolute Gasteiger partial charge is 0.294 e. The molecule has 0 spiro atoms. The monoisotopic (exact) mass is 343 g/mol. The third-order valence-electron chi connectivity index (χ3n) is 4.66. The Balaban J connectivity index is 1.64. The fourth-order valence-corrected chi connectivity index (χ4v) is 3.14. The van der Waals surface area contributed by atoms with E-state index in [0.717, 1.165) is 23.6 Å². The lowest BCUT2D eigenvalue weighted by atomic mass is 10.1. The first-order chi connectivity index (χ1) is 12.7. The zero-order valence-corrected chi connectivity index (χ0v) is 15.2. The zero-order chi connectivity index (χ0) is 17.9. The van der Waals surface area contributed by atoms with Gasteiger partial charge in [0.05, 0.1) is 0 Å². The van der Waals surface area contributed by atoms with E-state index in [0.29, 0.717) is 6.61 Å². The predicted octanol–water partition coefficient (Wildman–Crippen LogP) is 4.70. The number of imidazole rings is 1. The zero-order valence-electron chi connectivity index (χ0n) is 15.2. The van der Waals surface area contributed by atoms with Crippen molar-refractivity contribution < 1.29 is 9.30 Å². The van der Waals surface area contributed by atoms with Crippen LogP contribution in [-0.2, 0) is 13.2 Å². The van der Waals surface area contributed by atoms with Crippen molar-refractivity contribution >= 4 is 11.0 Å². The number of rotatable bonds is 5. The van der Waals surface area contributed by atoms with Crippen molar-refractivity contribution in [3.63, 3.8) is 0 Å². The molecule has 1 heterocycles. The SMILES string of the molecule is Cc1ccc(C[n+]2c(COc3ccc(C)cc3)[nH]c3ccccc32)cc1.